The van der Waals surface area contributed by atoms with Crippen molar-refractivity contribution in [3.05, 3.63) is 54.2 Å². The average Bonchev–Trinajstić information content (AvgIpc) is 2.39. The summed E-state index contributed by atoms with van der Waals surface area (Å²) in [6.45, 7) is 1.38. The molecule has 0 atom stereocenters. The Balaban J connectivity index is 1.86. The summed E-state index contributed by atoms with van der Waals surface area (Å²) in [7, 11) is -3.84. The molecule has 0 saturated carbocycles. The standard InChI is InChI=1S/C14H17NO3S/c16-19(17,18)12-4-9-15-10-7-14(8-11-15)13-5-2-1-3-6-13/h1-3,5-8,10H,4,9,11-12H2,(H,16,17,18). The molecule has 0 amide bonds. The predicted molar refractivity (Wildman–Crippen MR) is 76.2 cm³/mol. The van der Waals surface area contributed by atoms with E-state index in [1.54, 1.807) is 0 Å². The first-order valence-corrected chi connectivity index (χ1v) is 7.78. The summed E-state index contributed by atoms with van der Waals surface area (Å²) in [6, 6.07) is 10.1. The fourth-order valence-corrected chi connectivity index (χ4v) is 2.48. The number of hydrogen-bond donors (Lipinski definition) is 1. The van der Waals surface area contributed by atoms with Gasteiger partial charge in [-0.25, -0.2) is 0 Å². The topological polar surface area (TPSA) is 57.6 Å². The van der Waals surface area contributed by atoms with E-state index in [1.165, 1.54) is 11.1 Å². The third kappa shape index (κ3) is 4.54. The van der Waals surface area contributed by atoms with E-state index < -0.39 is 10.1 Å². The van der Waals surface area contributed by atoms with Crippen LogP contribution in [0.2, 0.25) is 0 Å². The van der Waals surface area contributed by atoms with E-state index in [-0.39, 0.29) is 5.75 Å². The van der Waals surface area contributed by atoms with Crippen LogP contribution in [0.25, 0.3) is 5.57 Å². The molecule has 1 heterocycles. The molecule has 0 radical (unpaired) electrons. The highest BCUT2D eigenvalue weighted by Gasteiger charge is 2.08. The van der Waals surface area contributed by atoms with Crippen LogP contribution >= 0.6 is 0 Å². The zero-order valence-electron chi connectivity index (χ0n) is 10.6. The Labute approximate surface area is 113 Å². The molecule has 1 aromatic carbocycles. The van der Waals surface area contributed by atoms with Gasteiger partial charge in [0.05, 0.1) is 5.75 Å². The second-order valence-electron chi connectivity index (χ2n) is 4.48. The largest absolute Gasteiger partial charge is 0.374 e. The fourth-order valence-electron chi connectivity index (χ4n) is 1.99. The summed E-state index contributed by atoms with van der Waals surface area (Å²) < 4.78 is 29.9. The molecule has 2 rings (SSSR count). The van der Waals surface area contributed by atoms with Crippen molar-refractivity contribution in [1.82, 2.24) is 4.90 Å². The quantitative estimate of drug-likeness (QED) is 0.839. The van der Waals surface area contributed by atoms with Crippen LogP contribution in [-0.4, -0.2) is 36.7 Å². The van der Waals surface area contributed by atoms with Gasteiger partial charge >= 0.3 is 0 Å². The number of rotatable bonds is 5. The fraction of sp³-hybridized carbons (Fsp3) is 0.286. The van der Waals surface area contributed by atoms with Crippen LogP contribution in [0.4, 0.5) is 0 Å². The summed E-state index contributed by atoms with van der Waals surface area (Å²) in [5, 5.41) is 0. The van der Waals surface area contributed by atoms with Gasteiger partial charge in [-0.3, -0.25) is 4.55 Å². The van der Waals surface area contributed by atoms with Crippen molar-refractivity contribution in [2.24, 2.45) is 0 Å². The first-order chi connectivity index (χ1) is 9.04. The molecule has 1 aliphatic heterocycles. The lowest BCUT2D eigenvalue weighted by Gasteiger charge is -2.22. The minimum Gasteiger partial charge on any atom is -0.374 e. The average molecular weight is 279 g/mol. The zero-order chi connectivity index (χ0) is 13.7. The predicted octanol–water partition coefficient (Wildman–Crippen LogP) is 2.18. The maximum absolute atomic E-state index is 10.6. The maximum atomic E-state index is 10.6. The molecule has 0 unspecified atom stereocenters. The number of benzene rings is 1. The Morgan fingerprint density at radius 2 is 1.95 bits per heavy atom. The smallest absolute Gasteiger partial charge is 0.264 e. The van der Waals surface area contributed by atoms with E-state index in [1.807, 2.05) is 35.4 Å². The van der Waals surface area contributed by atoms with Crippen LogP contribution in [0.3, 0.4) is 0 Å². The second kappa shape index (κ2) is 6.04. The lowest BCUT2D eigenvalue weighted by Crippen LogP contribution is -2.22. The Kier molecular flexibility index (Phi) is 4.39. The minimum absolute atomic E-state index is 0.188. The van der Waals surface area contributed by atoms with Crippen LogP contribution in [0.15, 0.2) is 48.7 Å². The highest BCUT2D eigenvalue weighted by molar-refractivity contribution is 7.85. The summed E-state index contributed by atoms with van der Waals surface area (Å²) >= 11 is 0. The molecule has 4 nitrogen and oxygen atoms in total. The molecular weight excluding hydrogens is 262 g/mol. The molecular formula is C14H17NO3S. The second-order valence-corrected chi connectivity index (χ2v) is 6.05. The lowest BCUT2D eigenvalue weighted by molar-refractivity contribution is 0.407. The van der Waals surface area contributed by atoms with E-state index in [9.17, 15) is 8.42 Å². The Morgan fingerprint density at radius 3 is 2.53 bits per heavy atom. The molecule has 5 heteroatoms. The molecule has 0 aliphatic carbocycles. The summed E-state index contributed by atoms with van der Waals surface area (Å²) in [5.74, 6) is -0.188. The van der Waals surface area contributed by atoms with Gasteiger partial charge in [0.25, 0.3) is 10.1 Å². The molecule has 0 bridgehead atoms. The SMILES string of the molecule is O=S(=O)(O)CCCN1C=CC(c2ccccc2)=CC1. The molecule has 1 aromatic rings. The molecule has 1 N–H and O–H groups in total. The van der Waals surface area contributed by atoms with Crippen LogP contribution in [-0.2, 0) is 10.1 Å². The highest BCUT2D eigenvalue weighted by Crippen LogP contribution is 2.19. The van der Waals surface area contributed by atoms with Crippen LogP contribution in [0.1, 0.15) is 12.0 Å². The van der Waals surface area contributed by atoms with Gasteiger partial charge in [-0.1, -0.05) is 36.4 Å². The normalized spacial score (nSPS) is 15.4. The molecule has 0 saturated heterocycles. The molecule has 19 heavy (non-hydrogen) atoms. The third-order valence-electron chi connectivity index (χ3n) is 2.97. The van der Waals surface area contributed by atoms with Crippen molar-refractivity contribution in [3.8, 4) is 0 Å². The van der Waals surface area contributed by atoms with E-state index in [4.69, 9.17) is 4.55 Å². The van der Waals surface area contributed by atoms with Crippen molar-refractivity contribution in [1.29, 1.82) is 0 Å². The molecule has 1 aliphatic rings. The van der Waals surface area contributed by atoms with Gasteiger partial charge in [0, 0.05) is 13.1 Å². The highest BCUT2D eigenvalue weighted by atomic mass is 32.2. The van der Waals surface area contributed by atoms with Gasteiger partial charge in [0.2, 0.25) is 0 Å². The van der Waals surface area contributed by atoms with E-state index >= 15 is 0 Å². The summed E-state index contributed by atoms with van der Waals surface area (Å²) in [6.07, 6.45) is 6.53. The van der Waals surface area contributed by atoms with Crippen molar-refractivity contribution >= 4 is 15.7 Å². The van der Waals surface area contributed by atoms with Gasteiger partial charge in [-0.2, -0.15) is 8.42 Å². The van der Waals surface area contributed by atoms with Gasteiger partial charge in [0.1, 0.15) is 0 Å². The summed E-state index contributed by atoms with van der Waals surface area (Å²) in [5.41, 5.74) is 2.35. The first-order valence-electron chi connectivity index (χ1n) is 6.17. The Hall–Kier alpha value is -1.59. The maximum Gasteiger partial charge on any atom is 0.264 e. The van der Waals surface area contributed by atoms with Gasteiger partial charge in [-0.05, 0) is 29.8 Å². The molecule has 0 fully saturated rings. The Bertz CT molecular complexity index is 576. The van der Waals surface area contributed by atoms with Gasteiger partial charge in [-0.15, -0.1) is 0 Å². The van der Waals surface area contributed by atoms with Crippen molar-refractivity contribution in [3.63, 3.8) is 0 Å². The molecule has 0 spiro atoms. The van der Waals surface area contributed by atoms with E-state index in [2.05, 4.69) is 18.2 Å². The summed E-state index contributed by atoms with van der Waals surface area (Å²) in [4.78, 5) is 2.03. The van der Waals surface area contributed by atoms with Crippen molar-refractivity contribution < 1.29 is 13.0 Å². The lowest BCUT2D eigenvalue weighted by atomic mass is 10.0. The van der Waals surface area contributed by atoms with Crippen LogP contribution in [0, 0.1) is 0 Å². The van der Waals surface area contributed by atoms with E-state index in [0.717, 1.165) is 6.54 Å². The number of nitrogens with zero attached hydrogens (tertiary/aromatic N) is 1. The van der Waals surface area contributed by atoms with E-state index in [0.29, 0.717) is 13.0 Å². The van der Waals surface area contributed by atoms with Crippen LogP contribution in [0.5, 0.6) is 0 Å². The van der Waals surface area contributed by atoms with Crippen molar-refractivity contribution in [2.75, 3.05) is 18.8 Å². The molecule has 102 valence electrons. The van der Waals surface area contributed by atoms with Crippen molar-refractivity contribution in [2.45, 2.75) is 6.42 Å². The number of hydrogen-bond acceptors (Lipinski definition) is 3. The monoisotopic (exact) mass is 279 g/mol. The minimum atomic E-state index is -3.84. The number of allylic oxidation sites excluding steroid dienone is 2. The Morgan fingerprint density at radius 1 is 1.21 bits per heavy atom. The first kappa shape index (κ1) is 13.8. The zero-order valence-corrected chi connectivity index (χ0v) is 11.4. The van der Waals surface area contributed by atoms with Gasteiger partial charge in [0.15, 0.2) is 0 Å². The third-order valence-corrected chi connectivity index (χ3v) is 3.77. The van der Waals surface area contributed by atoms with Crippen LogP contribution < -0.4 is 0 Å². The van der Waals surface area contributed by atoms with Gasteiger partial charge < -0.3 is 4.90 Å². The molecule has 0 aromatic heterocycles.